The highest BCUT2D eigenvalue weighted by Gasteiger charge is 2.19. The number of nitrogens with zero attached hydrogens (tertiary/aromatic N) is 1. The molecule has 0 saturated heterocycles. The molecule has 0 bridgehead atoms. The second-order valence-electron chi connectivity index (χ2n) is 7.51. The molecule has 3 rings (SSSR count). The second kappa shape index (κ2) is 10.6. The molecule has 0 fully saturated rings. The van der Waals surface area contributed by atoms with Crippen LogP contribution in [0, 0.1) is 6.92 Å². The minimum atomic E-state index is 0.217. The van der Waals surface area contributed by atoms with Crippen LogP contribution in [0.15, 0.2) is 30.5 Å². The number of unbranched alkanes of at least 4 members (excludes halogenated alkanes) is 1. The number of ether oxygens (including phenoxy) is 2. The Morgan fingerprint density at radius 2 is 1.81 bits per heavy atom. The number of halogens is 3. The van der Waals surface area contributed by atoms with Gasteiger partial charge in [0, 0.05) is 30.9 Å². The van der Waals surface area contributed by atoms with Crippen molar-refractivity contribution in [2.24, 2.45) is 5.73 Å². The number of hydrogen-bond donors (Lipinski definition) is 2. The van der Waals surface area contributed by atoms with Crippen molar-refractivity contribution >= 4 is 51.4 Å². The summed E-state index contributed by atoms with van der Waals surface area (Å²) in [6, 6.07) is 7.18. The molecule has 0 radical (unpaired) electrons. The highest BCUT2D eigenvalue weighted by Crippen LogP contribution is 2.45. The van der Waals surface area contributed by atoms with Crippen molar-refractivity contribution in [3.05, 3.63) is 51.1 Å². The third kappa shape index (κ3) is 5.66. The molecule has 1 unspecified atom stereocenters. The van der Waals surface area contributed by atoms with Crippen LogP contribution < -0.4 is 20.5 Å². The number of aromatic nitrogens is 1. The van der Waals surface area contributed by atoms with E-state index in [1.54, 1.807) is 25.4 Å². The number of nitrogens with one attached hydrogen (secondary N) is 1. The number of fused-ring (bicyclic) bond motifs is 1. The molecule has 1 heterocycles. The summed E-state index contributed by atoms with van der Waals surface area (Å²) in [5, 5.41) is 5.37. The maximum Gasteiger partial charge on any atom is 0.179 e. The molecule has 1 aromatic heterocycles. The molecule has 166 valence electrons. The number of aryl methyl sites for hydroxylation is 1. The lowest BCUT2D eigenvalue weighted by Crippen LogP contribution is -2.14. The van der Waals surface area contributed by atoms with E-state index in [0.29, 0.717) is 32.3 Å². The lowest BCUT2D eigenvalue weighted by molar-refractivity contribution is 0.381. The molecular formula is C23H26Cl3N3O2. The van der Waals surface area contributed by atoms with Gasteiger partial charge in [0.1, 0.15) is 5.75 Å². The Hall–Kier alpha value is -1.92. The van der Waals surface area contributed by atoms with E-state index in [2.05, 4.69) is 10.3 Å². The van der Waals surface area contributed by atoms with Gasteiger partial charge in [-0.15, -0.1) is 0 Å². The first-order valence-electron chi connectivity index (χ1n) is 10.1. The third-order valence-electron chi connectivity index (χ3n) is 4.95. The molecule has 0 aliphatic heterocycles. The van der Waals surface area contributed by atoms with Crippen molar-refractivity contribution in [3.63, 3.8) is 0 Å². The Morgan fingerprint density at radius 3 is 2.52 bits per heavy atom. The van der Waals surface area contributed by atoms with Crippen LogP contribution >= 0.6 is 34.8 Å². The van der Waals surface area contributed by atoms with Gasteiger partial charge in [0.25, 0.3) is 0 Å². The lowest BCUT2D eigenvalue weighted by Gasteiger charge is -2.19. The first-order valence-corrected chi connectivity index (χ1v) is 11.2. The molecule has 0 aliphatic rings. The zero-order valence-electron chi connectivity index (χ0n) is 17.8. The predicted molar refractivity (Wildman–Crippen MR) is 131 cm³/mol. The van der Waals surface area contributed by atoms with Crippen molar-refractivity contribution in [2.75, 3.05) is 19.0 Å². The van der Waals surface area contributed by atoms with E-state index in [1.165, 1.54) is 0 Å². The van der Waals surface area contributed by atoms with Crippen LogP contribution in [-0.4, -0.2) is 24.7 Å². The van der Waals surface area contributed by atoms with Crippen LogP contribution in [-0.2, 0) is 0 Å². The van der Waals surface area contributed by atoms with Gasteiger partial charge in [0.05, 0.1) is 38.8 Å². The number of rotatable bonds is 9. The summed E-state index contributed by atoms with van der Waals surface area (Å²) in [7, 11) is 1.60. The molecule has 1 atom stereocenters. The standard InChI is InChI=1S/C23H26Cl3N3O2/c1-13-7-9-29-22-18(28-8-5-4-6-14(2)27)12-20(30-3)23(21(13)22)31-19-11-16(25)15(24)10-17(19)26/h7,9-12,14,28H,4-6,8,27H2,1-3H3. The van der Waals surface area contributed by atoms with Gasteiger partial charge in [-0.25, -0.2) is 0 Å². The fourth-order valence-electron chi connectivity index (χ4n) is 3.33. The highest BCUT2D eigenvalue weighted by molar-refractivity contribution is 6.43. The minimum absolute atomic E-state index is 0.217. The summed E-state index contributed by atoms with van der Waals surface area (Å²) in [4.78, 5) is 4.60. The first kappa shape index (κ1) is 23.7. The van der Waals surface area contributed by atoms with E-state index in [4.69, 9.17) is 50.0 Å². The van der Waals surface area contributed by atoms with Crippen LogP contribution in [0.25, 0.3) is 10.9 Å². The average Bonchev–Trinajstić information content (AvgIpc) is 2.72. The van der Waals surface area contributed by atoms with E-state index in [1.807, 2.05) is 26.0 Å². The number of methoxy groups -OCH3 is 1. The Balaban J connectivity index is 2.00. The van der Waals surface area contributed by atoms with E-state index in [0.717, 1.165) is 48.0 Å². The van der Waals surface area contributed by atoms with Crippen LogP contribution in [0.3, 0.4) is 0 Å². The smallest absolute Gasteiger partial charge is 0.179 e. The molecule has 0 spiro atoms. The van der Waals surface area contributed by atoms with Crippen LogP contribution in [0.5, 0.6) is 17.2 Å². The number of nitrogens with two attached hydrogens (primary N) is 1. The van der Waals surface area contributed by atoms with Crippen molar-refractivity contribution in [2.45, 2.75) is 39.2 Å². The number of hydrogen-bond acceptors (Lipinski definition) is 5. The third-order valence-corrected chi connectivity index (χ3v) is 5.97. The van der Waals surface area contributed by atoms with Crippen molar-refractivity contribution in [3.8, 4) is 17.2 Å². The summed E-state index contributed by atoms with van der Waals surface area (Å²) in [5.41, 5.74) is 8.50. The summed E-state index contributed by atoms with van der Waals surface area (Å²) in [5.74, 6) is 1.46. The van der Waals surface area contributed by atoms with E-state index < -0.39 is 0 Å². The first-order chi connectivity index (χ1) is 14.8. The SMILES string of the molecule is COc1cc(NCCCCC(C)N)c2nccc(C)c2c1Oc1cc(Cl)c(Cl)cc1Cl. The minimum Gasteiger partial charge on any atom is -0.493 e. The van der Waals surface area contributed by atoms with Gasteiger partial charge >= 0.3 is 0 Å². The Bertz CT molecular complexity index is 1070. The Labute approximate surface area is 197 Å². The molecule has 0 amide bonds. The average molecular weight is 483 g/mol. The van der Waals surface area contributed by atoms with Crippen LogP contribution in [0.2, 0.25) is 15.1 Å². The quantitative estimate of drug-likeness (QED) is 0.248. The van der Waals surface area contributed by atoms with E-state index >= 15 is 0 Å². The fraction of sp³-hybridized carbons (Fsp3) is 0.348. The molecular weight excluding hydrogens is 457 g/mol. The van der Waals surface area contributed by atoms with Gasteiger partial charge in [-0.2, -0.15) is 0 Å². The molecule has 8 heteroatoms. The lowest BCUT2D eigenvalue weighted by atomic mass is 10.1. The topological polar surface area (TPSA) is 69.4 Å². The van der Waals surface area contributed by atoms with Gasteiger partial charge in [-0.05, 0) is 44.4 Å². The monoisotopic (exact) mass is 481 g/mol. The zero-order valence-corrected chi connectivity index (χ0v) is 20.0. The zero-order chi connectivity index (χ0) is 22.5. The molecule has 31 heavy (non-hydrogen) atoms. The molecule has 5 nitrogen and oxygen atoms in total. The summed E-state index contributed by atoms with van der Waals surface area (Å²) >= 11 is 18.6. The normalized spacial score (nSPS) is 12.1. The molecule has 3 aromatic rings. The summed E-state index contributed by atoms with van der Waals surface area (Å²) < 4.78 is 11.9. The second-order valence-corrected chi connectivity index (χ2v) is 8.73. The van der Waals surface area contributed by atoms with Crippen molar-refractivity contribution < 1.29 is 9.47 Å². The number of pyridine rings is 1. The van der Waals surface area contributed by atoms with Crippen LogP contribution in [0.1, 0.15) is 31.7 Å². The summed E-state index contributed by atoms with van der Waals surface area (Å²) in [6.45, 7) is 4.83. The van der Waals surface area contributed by atoms with Gasteiger partial charge < -0.3 is 20.5 Å². The van der Waals surface area contributed by atoms with Gasteiger partial charge in [-0.3, -0.25) is 4.98 Å². The van der Waals surface area contributed by atoms with E-state index in [-0.39, 0.29) is 6.04 Å². The van der Waals surface area contributed by atoms with Gasteiger partial charge in [0.2, 0.25) is 0 Å². The Kier molecular flexibility index (Phi) is 8.11. The van der Waals surface area contributed by atoms with Crippen molar-refractivity contribution in [1.82, 2.24) is 4.98 Å². The number of anilines is 1. The summed E-state index contributed by atoms with van der Waals surface area (Å²) in [6.07, 6.45) is 4.85. The van der Waals surface area contributed by atoms with E-state index in [9.17, 15) is 0 Å². The van der Waals surface area contributed by atoms with Gasteiger partial charge in [-0.1, -0.05) is 41.2 Å². The van der Waals surface area contributed by atoms with Crippen molar-refractivity contribution in [1.29, 1.82) is 0 Å². The maximum atomic E-state index is 6.34. The van der Waals surface area contributed by atoms with Gasteiger partial charge in [0.15, 0.2) is 11.5 Å². The largest absolute Gasteiger partial charge is 0.493 e. The Morgan fingerprint density at radius 1 is 1.06 bits per heavy atom. The molecule has 0 aliphatic carbocycles. The molecule has 2 aromatic carbocycles. The molecule has 3 N–H and O–H groups in total. The number of benzene rings is 2. The maximum absolute atomic E-state index is 6.34. The predicted octanol–water partition coefficient (Wildman–Crippen LogP) is 7.23. The highest BCUT2D eigenvalue weighted by atomic mass is 35.5. The van der Waals surface area contributed by atoms with Crippen LogP contribution in [0.4, 0.5) is 5.69 Å². The fourth-order valence-corrected chi connectivity index (χ4v) is 3.91. The molecule has 0 saturated carbocycles.